The Morgan fingerprint density at radius 2 is 1.67 bits per heavy atom. The fraction of sp³-hybridized carbons (Fsp3) is 0.500. The number of carbonyl (C=O) groups excluding carboxylic acids is 2. The molecule has 0 aliphatic heterocycles. The van der Waals surface area contributed by atoms with Gasteiger partial charge in [-0.25, -0.2) is 8.42 Å². The van der Waals surface area contributed by atoms with Crippen molar-refractivity contribution in [3.63, 3.8) is 0 Å². The summed E-state index contributed by atoms with van der Waals surface area (Å²) >= 11 is 0. The molecular weight excluding hydrogens is 474 g/mol. The quantitative estimate of drug-likeness (QED) is 0.403. The molecule has 0 radical (unpaired) electrons. The molecule has 7 nitrogen and oxygen atoms in total. The summed E-state index contributed by atoms with van der Waals surface area (Å²) in [5, 5.41) is 2.92. The van der Waals surface area contributed by atoms with Crippen LogP contribution < -0.4 is 9.62 Å². The summed E-state index contributed by atoms with van der Waals surface area (Å²) in [6, 6.07) is 14.7. The van der Waals surface area contributed by atoms with Gasteiger partial charge in [-0.1, -0.05) is 57.2 Å². The molecule has 0 aliphatic rings. The maximum Gasteiger partial charge on any atom is 0.242 e. The Labute approximate surface area is 216 Å². The van der Waals surface area contributed by atoms with Crippen LogP contribution in [0.1, 0.15) is 63.1 Å². The Morgan fingerprint density at radius 1 is 1.00 bits per heavy atom. The lowest BCUT2D eigenvalue weighted by molar-refractivity contribution is -0.141. The molecule has 2 aromatic carbocycles. The van der Waals surface area contributed by atoms with Gasteiger partial charge in [0.1, 0.15) is 6.04 Å². The third-order valence-corrected chi connectivity index (χ3v) is 7.52. The smallest absolute Gasteiger partial charge is 0.242 e. The molecule has 0 aromatic heterocycles. The first-order valence-electron chi connectivity index (χ1n) is 12.8. The van der Waals surface area contributed by atoms with Crippen LogP contribution in [0.15, 0.2) is 48.5 Å². The molecule has 198 valence electrons. The van der Waals surface area contributed by atoms with Crippen LogP contribution >= 0.6 is 0 Å². The van der Waals surface area contributed by atoms with Gasteiger partial charge in [0.2, 0.25) is 21.8 Å². The number of anilines is 1. The van der Waals surface area contributed by atoms with Crippen LogP contribution in [0.2, 0.25) is 0 Å². The van der Waals surface area contributed by atoms with Crippen molar-refractivity contribution in [1.82, 2.24) is 10.2 Å². The van der Waals surface area contributed by atoms with Gasteiger partial charge in [-0.15, -0.1) is 0 Å². The van der Waals surface area contributed by atoms with Crippen LogP contribution in [0.3, 0.4) is 0 Å². The highest BCUT2D eigenvalue weighted by Gasteiger charge is 2.29. The summed E-state index contributed by atoms with van der Waals surface area (Å²) in [5.74, 6) is -0.318. The average molecular weight is 516 g/mol. The van der Waals surface area contributed by atoms with Gasteiger partial charge in [-0.3, -0.25) is 13.9 Å². The standard InChI is InChI=1S/C28H41N3O4S/c1-6-19-29-28(33)26(8-3)30(21-24-13-10-9-12-22(24)4)27(32)14-11-20-31(36(5,34)35)25-17-15-23(7-2)16-18-25/h9-10,12-13,15-18,26H,6-8,11,14,19-21H2,1-5H3,(H,29,33). The third-order valence-electron chi connectivity index (χ3n) is 6.32. The molecule has 0 heterocycles. The van der Waals surface area contributed by atoms with E-state index in [0.29, 0.717) is 31.6 Å². The zero-order valence-electron chi connectivity index (χ0n) is 22.3. The lowest BCUT2D eigenvalue weighted by atomic mass is 10.1. The number of amides is 2. The first-order valence-corrected chi connectivity index (χ1v) is 14.6. The van der Waals surface area contributed by atoms with Gasteiger partial charge in [-0.2, -0.15) is 0 Å². The molecule has 8 heteroatoms. The summed E-state index contributed by atoms with van der Waals surface area (Å²) in [5.41, 5.74) is 3.75. The molecular formula is C28H41N3O4S. The summed E-state index contributed by atoms with van der Waals surface area (Å²) in [6.45, 7) is 9.00. The number of benzene rings is 2. The molecule has 2 aromatic rings. The molecule has 0 bridgehead atoms. The molecule has 2 rings (SSSR count). The van der Waals surface area contributed by atoms with E-state index in [-0.39, 0.29) is 24.8 Å². The summed E-state index contributed by atoms with van der Waals surface area (Å²) in [6.07, 6.45) is 3.84. The van der Waals surface area contributed by atoms with Crippen molar-refractivity contribution in [2.75, 3.05) is 23.7 Å². The van der Waals surface area contributed by atoms with Gasteiger partial charge in [0.25, 0.3) is 0 Å². The molecule has 0 fully saturated rings. The van der Waals surface area contributed by atoms with E-state index in [9.17, 15) is 18.0 Å². The number of nitrogens with one attached hydrogen (secondary N) is 1. The highest BCUT2D eigenvalue weighted by Crippen LogP contribution is 2.21. The van der Waals surface area contributed by atoms with Crippen LogP contribution in [-0.2, 0) is 32.6 Å². The fourth-order valence-corrected chi connectivity index (χ4v) is 5.12. The van der Waals surface area contributed by atoms with E-state index >= 15 is 0 Å². The number of aryl methyl sites for hydroxylation is 2. The van der Waals surface area contributed by atoms with Gasteiger partial charge < -0.3 is 10.2 Å². The van der Waals surface area contributed by atoms with E-state index in [1.807, 2.05) is 64.1 Å². The Balaban J connectivity index is 2.20. The number of sulfonamides is 1. The van der Waals surface area contributed by atoms with Crippen molar-refractivity contribution >= 4 is 27.5 Å². The number of hydrogen-bond donors (Lipinski definition) is 1. The largest absolute Gasteiger partial charge is 0.354 e. The number of nitrogens with zero attached hydrogens (tertiary/aromatic N) is 2. The molecule has 1 unspecified atom stereocenters. The molecule has 0 saturated heterocycles. The van der Waals surface area contributed by atoms with Crippen LogP contribution in [-0.4, -0.2) is 50.5 Å². The molecule has 2 amide bonds. The van der Waals surface area contributed by atoms with Crippen molar-refractivity contribution in [2.45, 2.75) is 72.4 Å². The molecule has 36 heavy (non-hydrogen) atoms. The monoisotopic (exact) mass is 515 g/mol. The van der Waals surface area contributed by atoms with Crippen LogP contribution in [0.5, 0.6) is 0 Å². The van der Waals surface area contributed by atoms with E-state index in [1.165, 1.54) is 10.6 Å². The second-order valence-electron chi connectivity index (χ2n) is 9.12. The van der Waals surface area contributed by atoms with Crippen molar-refractivity contribution in [3.05, 3.63) is 65.2 Å². The lowest BCUT2D eigenvalue weighted by Gasteiger charge is -2.31. The highest BCUT2D eigenvalue weighted by molar-refractivity contribution is 7.92. The van der Waals surface area contributed by atoms with Gasteiger partial charge in [0, 0.05) is 26.1 Å². The Morgan fingerprint density at radius 3 is 2.22 bits per heavy atom. The van der Waals surface area contributed by atoms with Crippen LogP contribution in [0, 0.1) is 6.92 Å². The van der Waals surface area contributed by atoms with Gasteiger partial charge in [0.05, 0.1) is 11.9 Å². The third kappa shape index (κ3) is 8.36. The first kappa shape index (κ1) is 29.4. The fourth-order valence-electron chi connectivity index (χ4n) is 4.16. The normalized spacial score (nSPS) is 12.1. The van der Waals surface area contributed by atoms with E-state index in [1.54, 1.807) is 17.0 Å². The zero-order chi connectivity index (χ0) is 26.7. The predicted molar refractivity (Wildman–Crippen MR) is 146 cm³/mol. The minimum absolute atomic E-state index is 0.141. The molecule has 1 atom stereocenters. The van der Waals surface area contributed by atoms with Crippen LogP contribution in [0.25, 0.3) is 0 Å². The van der Waals surface area contributed by atoms with E-state index in [0.717, 1.165) is 29.5 Å². The van der Waals surface area contributed by atoms with E-state index in [4.69, 9.17) is 0 Å². The first-order chi connectivity index (χ1) is 17.1. The topological polar surface area (TPSA) is 86.8 Å². The number of carbonyl (C=O) groups is 2. The summed E-state index contributed by atoms with van der Waals surface area (Å²) in [7, 11) is -3.51. The highest BCUT2D eigenvalue weighted by atomic mass is 32.2. The van der Waals surface area contributed by atoms with Crippen molar-refractivity contribution in [2.24, 2.45) is 0 Å². The Hall–Kier alpha value is -2.87. The predicted octanol–water partition coefficient (Wildman–Crippen LogP) is 4.44. The molecule has 1 N–H and O–H groups in total. The maximum atomic E-state index is 13.5. The zero-order valence-corrected chi connectivity index (χ0v) is 23.1. The van der Waals surface area contributed by atoms with Crippen LogP contribution in [0.4, 0.5) is 5.69 Å². The second kappa shape index (κ2) is 14.0. The summed E-state index contributed by atoms with van der Waals surface area (Å²) in [4.78, 5) is 28.0. The number of rotatable bonds is 14. The Bertz CT molecular complexity index is 1100. The van der Waals surface area contributed by atoms with Crippen molar-refractivity contribution < 1.29 is 18.0 Å². The SMILES string of the molecule is CCCNC(=O)C(CC)N(Cc1ccccc1C)C(=O)CCCN(c1ccc(CC)cc1)S(C)(=O)=O. The number of hydrogen-bond acceptors (Lipinski definition) is 4. The molecule has 0 saturated carbocycles. The Kier molecular flexibility index (Phi) is 11.4. The second-order valence-corrected chi connectivity index (χ2v) is 11.0. The summed E-state index contributed by atoms with van der Waals surface area (Å²) < 4.78 is 26.3. The van der Waals surface area contributed by atoms with Crippen molar-refractivity contribution in [1.29, 1.82) is 0 Å². The maximum absolute atomic E-state index is 13.5. The minimum atomic E-state index is -3.51. The van der Waals surface area contributed by atoms with Gasteiger partial charge in [-0.05, 0) is 61.4 Å². The molecule has 0 spiro atoms. The van der Waals surface area contributed by atoms with E-state index in [2.05, 4.69) is 5.32 Å². The van der Waals surface area contributed by atoms with Crippen molar-refractivity contribution in [3.8, 4) is 0 Å². The average Bonchev–Trinajstić information content (AvgIpc) is 2.85. The van der Waals surface area contributed by atoms with Gasteiger partial charge in [0.15, 0.2) is 0 Å². The van der Waals surface area contributed by atoms with E-state index < -0.39 is 16.1 Å². The van der Waals surface area contributed by atoms with Gasteiger partial charge >= 0.3 is 0 Å². The molecule has 0 aliphatic carbocycles. The minimum Gasteiger partial charge on any atom is -0.354 e. The lowest BCUT2D eigenvalue weighted by Crippen LogP contribution is -2.49.